The number of ketones is 1. The molecule has 2 rings (SSSR count). The highest BCUT2D eigenvalue weighted by Crippen LogP contribution is 2.41. The Morgan fingerprint density at radius 3 is 2.52 bits per heavy atom. The van der Waals surface area contributed by atoms with Crippen molar-refractivity contribution in [3.8, 4) is 5.75 Å². The van der Waals surface area contributed by atoms with Gasteiger partial charge in [0.05, 0.1) is 21.3 Å². The van der Waals surface area contributed by atoms with Crippen LogP contribution in [0.15, 0.2) is 18.2 Å². The van der Waals surface area contributed by atoms with Crippen molar-refractivity contribution in [1.29, 1.82) is 0 Å². The first-order chi connectivity index (χ1) is 11.0. The van der Waals surface area contributed by atoms with Gasteiger partial charge in [0.1, 0.15) is 11.2 Å². The van der Waals surface area contributed by atoms with Crippen LogP contribution in [0.5, 0.6) is 5.75 Å². The molecule has 0 aliphatic heterocycles. The largest absolute Gasteiger partial charge is 0.497 e. The zero-order valence-corrected chi connectivity index (χ0v) is 13.5. The number of carbonyl (C=O) groups excluding carboxylic acids is 3. The van der Waals surface area contributed by atoms with E-state index >= 15 is 0 Å². The van der Waals surface area contributed by atoms with Crippen LogP contribution in [-0.2, 0) is 25.5 Å². The molecule has 0 radical (unpaired) electrons. The minimum atomic E-state index is -1.33. The molecule has 0 saturated carbocycles. The van der Waals surface area contributed by atoms with Crippen molar-refractivity contribution in [1.82, 2.24) is 0 Å². The van der Waals surface area contributed by atoms with Crippen LogP contribution in [-0.4, -0.2) is 39.1 Å². The molecule has 0 fully saturated rings. The number of aryl methyl sites for hydroxylation is 1. The number of carbonyl (C=O) groups is 3. The van der Waals surface area contributed by atoms with Gasteiger partial charge in [0.15, 0.2) is 5.78 Å². The van der Waals surface area contributed by atoms with Gasteiger partial charge in [0, 0.05) is 12.0 Å². The molecule has 1 atom stereocenters. The van der Waals surface area contributed by atoms with E-state index in [4.69, 9.17) is 9.47 Å². The lowest BCUT2D eigenvalue weighted by Gasteiger charge is -2.34. The summed E-state index contributed by atoms with van der Waals surface area (Å²) in [4.78, 5) is 36.7. The van der Waals surface area contributed by atoms with Crippen LogP contribution in [0.2, 0.25) is 0 Å². The first-order valence-electron chi connectivity index (χ1n) is 7.35. The zero-order valence-electron chi connectivity index (χ0n) is 13.5. The summed E-state index contributed by atoms with van der Waals surface area (Å²) in [5.74, 6) is -0.705. The number of benzene rings is 1. The molecule has 0 heterocycles. The van der Waals surface area contributed by atoms with Crippen LogP contribution in [0.1, 0.15) is 35.2 Å². The molecule has 1 aromatic carbocycles. The Morgan fingerprint density at radius 1 is 1.17 bits per heavy atom. The Balaban J connectivity index is 2.38. The van der Waals surface area contributed by atoms with Gasteiger partial charge in [-0.1, -0.05) is 0 Å². The average Bonchev–Trinajstić information content (AvgIpc) is 2.60. The summed E-state index contributed by atoms with van der Waals surface area (Å²) in [6.07, 6.45) is 0.906. The number of esters is 2. The SMILES string of the molecule is COC(=O)CCC1(C(=O)OC)CCc2cc(OC)ccc2C1=O. The molecule has 1 aliphatic carbocycles. The summed E-state index contributed by atoms with van der Waals surface area (Å²) in [5, 5.41) is 0. The molecule has 0 aromatic heterocycles. The van der Waals surface area contributed by atoms with Crippen molar-refractivity contribution in [2.45, 2.75) is 25.7 Å². The van der Waals surface area contributed by atoms with E-state index in [1.165, 1.54) is 14.2 Å². The van der Waals surface area contributed by atoms with Crippen LogP contribution in [0.25, 0.3) is 0 Å². The Kier molecular flexibility index (Phi) is 5.03. The molecular weight excluding hydrogens is 300 g/mol. The summed E-state index contributed by atoms with van der Waals surface area (Å²) < 4.78 is 14.6. The highest BCUT2D eigenvalue weighted by atomic mass is 16.5. The van der Waals surface area contributed by atoms with Crippen molar-refractivity contribution >= 4 is 17.7 Å². The van der Waals surface area contributed by atoms with Crippen LogP contribution in [0.3, 0.4) is 0 Å². The van der Waals surface area contributed by atoms with E-state index in [-0.39, 0.29) is 18.6 Å². The highest BCUT2D eigenvalue weighted by Gasteiger charge is 2.49. The van der Waals surface area contributed by atoms with E-state index in [0.717, 1.165) is 5.56 Å². The molecule has 1 aromatic rings. The van der Waals surface area contributed by atoms with E-state index in [1.807, 2.05) is 0 Å². The van der Waals surface area contributed by atoms with Crippen molar-refractivity contribution in [3.63, 3.8) is 0 Å². The van der Waals surface area contributed by atoms with Gasteiger partial charge >= 0.3 is 11.9 Å². The number of fused-ring (bicyclic) bond motifs is 1. The fourth-order valence-electron chi connectivity index (χ4n) is 2.99. The molecule has 124 valence electrons. The lowest BCUT2D eigenvalue weighted by atomic mass is 9.68. The van der Waals surface area contributed by atoms with Crippen molar-refractivity contribution < 1.29 is 28.6 Å². The Labute approximate surface area is 134 Å². The van der Waals surface area contributed by atoms with E-state index in [2.05, 4.69) is 4.74 Å². The minimum absolute atomic E-state index is 0.0111. The predicted octanol–water partition coefficient (Wildman–Crippen LogP) is 1.94. The molecule has 6 nitrogen and oxygen atoms in total. The summed E-state index contributed by atoms with van der Waals surface area (Å²) in [7, 11) is 4.08. The third-order valence-electron chi connectivity index (χ3n) is 4.37. The Morgan fingerprint density at radius 2 is 1.91 bits per heavy atom. The van der Waals surface area contributed by atoms with Gasteiger partial charge < -0.3 is 14.2 Å². The maximum Gasteiger partial charge on any atom is 0.319 e. The van der Waals surface area contributed by atoms with Gasteiger partial charge in [-0.25, -0.2) is 0 Å². The second kappa shape index (κ2) is 6.81. The molecule has 0 N–H and O–H groups in total. The second-order valence-electron chi connectivity index (χ2n) is 5.50. The smallest absolute Gasteiger partial charge is 0.319 e. The normalized spacial score (nSPS) is 19.7. The first-order valence-corrected chi connectivity index (χ1v) is 7.35. The van der Waals surface area contributed by atoms with Crippen molar-refractivity contribution in [2.75, 3.05) is 21.3 Å². The number of hydrogen-bond acceptors (Lipinski definition) is 6. The first kappa shape index (κ1) is 17.0. The van der Waals surface area contributed by atoms with Gasteiger partial charge in [0.25, 0.3) is 0 Å². The Bertz CT molecular complexity index is 636. The molecule has 1 unspecified atom stereocenters. The fourth-order valence-corrected chi connectivity index (χ4v) is 2.99. The average molecular weight is 320 g/mol. The number of rotatable bonds is 5. The van der Waals surface area contributed by atoms with E-state index in [0.29, 0.717) is 24.2 Å². The van der Waals surface area contributed by atoms with Crippen LogP contribution in [0.4, 0.5) is 0 Å². The summed E-state index contributed by atoms with van der Waals surface area (Å²) >= 11 is 0. The highest BCUT2D eigenvalue weighted by molar-refractivity contribution is 6.14. The molecule has 6 heteroatoms. The van der Waals surface area contributed by atoms with Gasteiger partial charge in [-0.15, -0.1) is 0 Å². The fraction of sp³-hybridized carbons (Fsp3) is 0.471. The third-order valence-corrected chi connectivity index (χ3v) is 4.37. The standard InChI is InChI=1S/C17H20O6/c1-21-12-4-5-13-11(10-12)6-8-17(15(13)19,16(20)23-3)9-7-14(18)22-2/h4-5,10H,6-9H2,1-3H3. The monoisotopic (exact) mass is 320 g/mol. The summed E-state index contributed by atoms with van der Waals surface area (Å²) in [6.45, 7) is 0. The van der Waals surface area contributed by atoms with E-state index in [9.17, 15) is 14.4 Å². The number of ether oxygens (including phenoxy) is 3. The number of Topliss-reactive ketones (excluding diaryl/α,β-unsaturated/α-hetero) is 1. The molecule has 0 saturated heterocycles. The van der Waals surface area contributed by atoms with E-state index in [1.54, 1.807) is 25.3 Å². The minimum Gasteiger partial charge on any atom is -0.497 e. The van der Waals surface area contributed by atoms with Gasteiger partial charge in [-0.3, -0.25) is 14.4 Å². The molecule has 0 amide bonds. The van der Waals surface area contributed by atoms with Crippen molar-refractivity contribution in [2.24, 2.45) is 5.41 Å². The topological polar surface area (TPSA) is 78.9 Å². The second-order valence-corrected chi connectivity index (χ2v) is 5.50. The van der Waals surface area contributed by atoms with Crippen LogP contribution in [0, 0.1) is 5.41 Å². The molecule has 1 aliphatic rings. The number of hydrogen-bond donors (Lipinski definition) is 0. The Hall–Kier alpha value is -2.37. The van der Waals surface area contributed by atoms with Gasteiger partial charge in [-0.05, 0) is 43.0 Å². The molecule has 0 bridgehead atoms. The molecular formula is C17H20O6. The molecule has 0 spiro atoms. The third kappa shape index (κ3) is 3.06. The van der Waals surface area contributed by atoms with E-state index < -0.39 is 17.4 Å². The van der Waals surface area contributed by atoms with Crippen LogP contribution >= 0.6 is 0 Å². The summed E-state index contributed by atoms with van der Waals surface area (Å²) in [6, 6.07) is 5.14. The predicted molar refractivity (Wildman–Crippen MR) is 81.3 cm³/mol. The van der Waals surface area contributed by atoms with Crippen molar-refractivity contribution in [3.05, 3.63) is 29.3 Å². The lowest BCUT2D eigenvalue weighted by molar-refractivity contribution is -0.151. The summed E-state index contributed by atoms with van der Waals surface area (Å²) in [5.41, 5.74) is -0.0101. The van der Waals surface area contributed by atoms with Gasteiger partial charge in [-0.2, -0.15) is 0 Å². The molecule has 23 heavy (non-hydrogen) atoms. The van der Waals surface area contributed by atoms with Gasteiger partial charge in [0.2, 0.25) is 0 Å². The quantitative estimate of drug-likeness (QED) is 0.609. The van der Waals surface area contributed by atoms with Crippen LogP contribution < -0.4 is 4.74 Å². The number of methoxy groups -OCH3 is 3. The maximum absolute atomic E-state index is 12.9. The maximum atomic E-state index is 12.9. The zero-order chi connectivity index (χ0) is 17.0. The lowest BCUT2D eigenvalue weighted by Crippen LogP contribution is -2.44.